The molecule has 0 aromatic rings. The molecule has 5 nitrogen and oxygen atoms in total. The van der Waals surface area contributed by atoms with Crippen LogP contribution in [-0.4, -0.2) is 44.6 Å². The number of carbonyl (C=O) groups excluding carboxylic acids is 1. The van der Waals surface area contributed by atoms with Crippen molar-refractivity contribution in [3.8, 4) is 0 Å². The molecule has 5 heteroatoms. The van der Waals surface area contributed by atoms with Crippen LogP contribution in [0.15, 0.2) is 23.5 Å². The van der Waals surface area contributed by atoms with Crippen LogP contribution in [0.4, 0.5) is 0 Å². The summed E-state index contributed by atoms with van der Waals surface area (Å²) >= 11 is 0. The van der Waals surface area contributed by atoms with Crippen molar-refractivity contribution in [2.24, 2.45) is 5.92 Å². The molecule has 2 fully saturated rings. The van der Waals surface area contributed by atoms with Crippen molar-refractivity contribution in [2.45, 2.75) is 25.6 Å². The van der Waals surface area contributed by atoms with Crippen molar-refractivity contribution in [1.29, 1.82) is 0 Å². The fourth-order valence-electron chi connectivity index (χ4n) is 1.90. The van der Waals surface area contributed by atoms with E-state index in [0.717, 1.165) is 13.0 Å². The molecule has 0 aromatic carbocycles. The summed E-state index contributed by atoms with van der Waals surface area (Å²) in [6.07, 6.45) is 5.01. The Morgan fingerprint density at radius 2 is 2.00 bits per heavy atom. The summed E-state index contributed by atoms with van der Waals surface area (Å²) in [6, 6.07) is 0. The first kappa shape index (κ1) is 12.7. The predicted molar refractivity (Wildman–Crippen MR) is 66.3 cm³/mol. The number of carbonyl (C=O) groups is 1. The average molecular weight is 266 g/mol. The molecular formula is C14H18O5. The molecule has 3 aliphatic rings. The average Bonchev–Trinajstić information content (AvgIpc) is 3.27. The standard InChI is InChI=1S/C14H18O5/c1-9-2-3-13(18-7-10-5-16-10)12(4-9)14(15)19-8-11-6-17-11/h3-4,9-11H,2,5-8H2,1H3. The molecule has 3 unspecified atom stereocenters. The summed E-state index contributed by atoms with van der Waals surface area (Å²) in [4.78, 5) is 12.0. The lowest BCUT2D eigenvalue weighted by molar-refractivity contribution is -0.139. The zero-order chi connectivity index (χ0) is 13.2. The van der Waals surface area contributed by atoms with E-state index in [1.165, 1.54) is 0 Å². The van der Waals surface area contributed by atoms with Gasteiger partial charge in [0.1, 0.15) is 31.2 Å². The molecular weight excluding hydrogens is 248 g/mol. The third-order valence-electron chi connectivity index (χ3n) is 3.24. The van der Waals surface area contributed by atoms with E-state index in [9.17, 15) is 4.79 Å². The maximum Gasteiger partial charge on any atom is 0.341 e. The van der Waals surface area contributed by atoms with Crippen LogP contribution < -0.4 is 0 Å². The second-order valence-electron chi connectivity index (χ2n) is 5.18. The number of allylic oxidation sites excluding steroid dienone is 2. The predicted octanol–water partition coefficient (Wildman–Crippen LogP) is 1.19. The van der Waals surface area contributed by atoms with E-state index in [1.54, 1.807) is 0 Å². The molecule has 2 heterocycles. The van der Waals surface area contributed by atoms with Crippen LogP contribution in [-0.2, 0) is 23.7 Å². The van der Waals surface area contributed by atoms with Crippen LogP contribution in [0, 0.1) is 5.92 Å². The minimum absolute atomic E-state index is 0.0822. The molecule has 2 aliphatic heterocycles. The van der Waals surface area contributed by atoms with Gasteiger partial charge in [-0.05, 0) is 18.4 Å². The van der Waals surface area contributed by atoms with E-state index < -0.39 is 0 Å². The summed E-state index contributed by atoms with van der Waals surface area (Å²) in [5.74, 6) is 0.615. The van der Waals surface area contributed by atoms with Gasteiger partial charge in [0.25, 0.3) is 0 Å². The van der Waals surface area contributed by atoms with Gasteiger partial charge in [-0.25, -0.2) is 4.79 Å². The molecule has 3 rings (SSSR count). The Hall–Kier alpha value is -1.33. The monoisotopic (exact) mass is 266 g/mol. The zero-order valence-corrected chi connectivity index (χ0v) is 11.0. The van der Waals surface area contributed by atoms with Gasteiger partial charge < -0.3 is 18.9 Å². The van der Waals surface area contributed by atoms with Gasteiger partial charge in [-0.3, -0.25) is 0 Å². The summed E-state index contributed by atoms with van der Waals surface area (Å²) in [6.45, 7) is 4.31. The van der Waals surface area contributed by atoms with Gasteiger partial charge >= 0.3 is 5.97 Å². The lowest BCUT2D eigenvalue weighted by atomic mass is 9.96. The Morgan fingerprint density at radius 3 is 2.68 bits per heavy atom. The number of rotatable bonds is 6. The highest BCUT2D eigenvalue weighted by molar-refractivity contribution is 5.93. The van der Waals surface area contributed by atoms with Gasteiger partial charge in [0, 0.05) is 0 Å². The van der Waals surface area contributed by atoms with Crippen LogP contribution >= 0.6 is 0 Å². The largest absolute Gasteiger partial charge is 0.490 e. The highest BCUT2D eigenvalue weighted by Gasteiger charge is 2.29. The Balaban J connectivity index is 1.59. The Bertz CT molecular complexity index is 418. The summed E-state index contributed by atoms with van der Waals surface area (Å²) < 4.78 is 21.0. The molecule has 0 radical (unpaired) electrons. The maximum atomic E-state index is 12.0. The quantitative estimate of drug-likeness (QED) is 0.534. The first-order chi connectivity index (χ1) is 9.22. The van der Waals surface area contributed by atoms with Crippen LogP contribution in [0.25, 0.3) is 0 Å². The van der Waals surface area contributed by atoms with E-state index in [0.29, 0.717) is 37.1 Å². The van der Waals surface area contributed by atoms with Gasteiger partial charge in [-0.2, -0.15) is 0 Å². The lowest BCUT2D eigenvalue weighted by Crippen LogP contribution is -2.18. The molecule has 3 atom stereocenters. The third-order valence-corrected chi connectivity index (χ3v) is 3.24. The third kappa shape index (κ3) is 3.58. The number of hydrogen-bond acceptors (Lipinski definition) is 5. The minimum atomic E-state index is -0.329. The Kier molecular flexibility index (Phi) is 3.57. The van der Waals surface area contributed by atoms with Crippen molar-refractivity contribution >= 4 is 5.97 Å². The first-order valence-electron chi connectivity index (χ1n) is 6.68. The molecule has 0 bridgehead atoms. The van der Waals surface area contributed by atoms with Gasteiger partial charge in [-0.15, -0.1) is 0 Å². The second kappa shape index (κ2) is 5.35. The Labute approximate surface area is 112 Å². The molecule has 0 N–H and O–H groups in total. The van der Waals surface area contributed by atoms with Crippen molar-refractivity contribution in [1.82, 2.24) is 0 Å². The van der Waals surface area contributed by atoms with Crippen LogP contribution in [0.5, 0.6) is 0 Å². The van der Waals surface area contributed by atoms with E-state index in [2.05, 4.69) is 6.92 Å². The first-order valence-corrected chi connectivity index (χ1v) is 6.68. The highest BCUT2D eigenvalue weighted by atomic mass is 16.6. The second-order valence-corrected chi connectivity index (χ2v) is 5.18. The van der Waals surface area contributed by atoms with E-state index in [-0.39, 0.29) is 18.2 Å². The molecule has 104 valence electrons. The van der Waals surface area contributed by atoms with E-state index in [4.69, 9.17) is 18.9 Å². The molecule has 0 aromatic heterocycles. The molecule has 0 saturated carbocycles. The fraction of sp³-hybridized carbons (Fsp3) is 0.643. The SMILES string of the molecule is CC1C=C(C(=O)OCC2CO2)C(OCC2CO2)=CC1. The van der Waals surface area contributed by atoms with Gasteiger partial charge in [0.05, 0.1) is 18.8 Å². The smallest absolute Gasteiger partial charge is 0.341 e. The minimum Gasteiger partial charge on any atom is -0.490 e. The van der Waals surface area contributed by atoms with E-state index in [1.807, 2.05) is 12.2 Å². The molecule has 1 aliphatic carbocycles. The molecule has 19 heavy (non-hydrogen) atoms. The fourth-order valence-corrected chi connectivity index (χ4v) is 1.90. The van der Waals surface area contributed by atoms with Crippen molar-refractivity contribution in [3.05, 3.63) is 23.5 Å². The summed E-state index contributed by atoms with van der Waals surface area (Å²) in [5.41, 5.74) is 0.528. The van der Waals surface area contributed by atoms with Crippen LogP contribution in [0.2, 0.25) is 0 Å². The number of ether oxygens (including phenoxy) is 4. The molecule has 2 saturated heterocycles. The lowest BCUT2D eigenvalue weighted by Gasteiger charge is -2.18. The maximum absolute atomic E-state index is 12.0. The van der Waals surface area contributed by atoms with Crippen molar-refractivity contribution < 1.29 is 23.7 Å². The number of esters is 1. The molecule has 0 spiro atoms. The molecule has 0 amide bonds. The van der Waals surface area contributed by atoms with Gasteiger partial charge in [-0.1, -0.05) is 13.0 Å². The zero-order valence-electron chi connectivity index (χ0n) is 11.0. The summed E-state index contributed by atoms with van der Waals surface area (Å²) in [7, 11) is 0. The number of hydrogen-bond donors (Lipinski definition) is 0. The summed E-state index contributed by atoms with van der Waals surface area (Å²) in [5, 5.41) is 0. The normalized spacial score (nSPS) is 32.2. The van der Waals surface area contributed by atoms with Gasteiger partial charge in [0.15, 0.2) is 0 Å². The van der Waals surface area contributed by atoms with Gasteiger partial charge in [0.2, 0.25) is 0 Å². The van der Waals surface area contributed by atoms with Crippen molar-refractivity contribution in [3.63, 3.8) is 0 Å². The van der Waals surface area contributed by atoms with E-state index >= 15 is 0 Å². The van der Waals surface area contributed by atoms with Crippen LogP contribution in [0.1, 0.15) is 13.3 Å². The topological polar surface area (TPSA) is 60.6 Å². The van der Waals surface area contributed by atoms with Crippen molar-refractivity contribution in [2.75, 3.05) is 26.4 Å². The Morgan fingerprint density at radius 1 is 1.32 bits per heavy atom. The number of epoxide rings is 2. The highest BCUT2D eigenvalue weighted by Crippen LogP contribution is 2.26. The van der Waals surface area contributed by atoms with Crippen LogP contribution in [0.3, 0.4) is 0 Å².